The van der Waals surface area contributed by atoms with Crippen molar-refractivity contribution in [1.29, 1.82) is 0 Å². The summed E-state index contributed by atoms with van der Waals surface area (Å²) in [6.07, 6.45) is 0.682. The van der Waals surface area contributed by atoms with Crippen LogP contribution in [0.1, 0.15) is 26.8 Å². The number of rotatable bonds is 2. The van der Waals surface area contributed by atoms with E-state index in [4.69, 9.17) is 4.74 Å². The second-order valence-corrected chi connectivity index (χ2v) is 5.98. The highest BCUT2D eigenvalue weighted by molar-refractivity contribution is 7.10. The zero-order valence-electron chi connectivity index (χ0n) is 11.9. The van der Waals surface area contributed by atoms with Crippen LogP contribution >= 0.6 is 11.3 Å². The first kappa shape index (κ1) is 14.7. The van der Waals surface area contributed by atoms with E-state index in [2.05, 4.69) is 0 Å². The molecule has 3 rings (SSSR count). The Morgan fingerprint density at radius 3 is 2.91 bits per heavy atom. The van der Waals surface area contributed by atoms with Gasteiger partial charge in [-0.3, -0.25) is 4.79 Å². The number of fused-ring (bicyclic) bond motifs is 1. The van der Waals surface area contributed by atoms with Gasteiger partial charge in [0.15, 0.2) is 6.04 Å². The molecule has 1 aromatic carbocycles. The van der Waals surface area contributed by atoms with Crippen molar-refractivity contribution in [3.63, 3.8) is 0 Å². The monoisotopic (exact) mass is 319 g/mol. The summed E-state index contributed by atoms with van der Waals surface area (Å²) >= 11 is 1.56. The van der Waals surface area contributed by atoms with E-state index in [9.17, 15) is 14.0 Å². The molecule has 0 aliphatic carbocycles. The smallest absolute Gasteiger partial charge is 0.333 e. The van der Waals surface area contributed by atoms with Gasteiger partial charge in [-0.1, -0.05) is 6.07 Å². The minimum atomic E-state index is -0.768. The van der Waals surface area contributed by atoms with Gasteiger partial charge in [-0.25, -0.2) is 9.18 Å². The molecule has 1 amide bonds. The first-order chi connectivity index (χ1) is 10.6. The number of ether oxygens (including phenoxy) is 1. The van der Waals surface area contributed by atoms with Crippen LogP contribution in [-0.4, -0.2) is 30.4 Å². The van der Waals surface area contributed by atoms with Crippen molar-refractivity contribution in [3.05, 3.63) is 57.5 Å². The van der Waals surface area contributed by atoms with E-state index in [0.717, 1.165) is 10.4 Å². The Hall–Kier alpha value is -2.21. The number of hydrogen-bond acceptors (Lipinski definition) is 4. The molecule has 22 heavy (non-hydrogen) atoms. The molecule has 114 valence electrons. The lowest BCUT2D eigenvalue weighted by Gasteiger charge is -2.34. The molecule has 0 saturated carbocycles. The maximum absolute atomic E-state index is 13.3. The van der Waals surface area contributed by atoms with Gasteiger partial charge in [0, 0.05) is 17.0 Å². The maximum Gasteiger partial charge on any atom is 0.333 e. The molecular formula is C16H14FNO3S. The molecular weight excluding hydrogens is 305 g/mol. The van der Waals surface area contributed by atoms with E-state index in [1.165, 1.54) is 30.2 Å². The number of methoxy groups -OCH3 is 1. The molecule has 1 aliphatic rings. The van der Waals surface area contributed by atoms with E-state index >= 15 is 0 Å². The third-order valence-corrected chi connectivity index (χ3v) is 4.72. The van der Waals surface area contributed by atoms with Crippen molar-refractivity contribution in [1.82, 2.24) is 4.90 Å². The van der Waals surface area contributed by atoms with Crippen LogP contribution in [-0.2, 0) is 16.0 Å². The van der Waals surface area contributed by atoms with Gasteiger partial charge in [-0.2, -0.15) is 0 Å². The zero-order valence-corrected chi connectivity index (χ0v) is 12.7. The van der Waals surface area contributed by atoms with Crippen molar-refractivity contribution < 1.29 is 18.7 Å². The number of halogens is 1. The number of benzene rings is 1. The maximum atomic E-state index is 13.3. The molecule has 2 heterocycles. The summed E-state index contributed by atoms with van der Waals surface area (Å²) in [5, 5.41) is 1.90. The fourth-order valence-electron chi connectivity index (χ4n) is 2.69. The normalized spacial score (nSPS) is 17.0. The van der Waals surface area contributed by atoms with Crippen molar-refractivity contribution in [3.8, 4) is 0 Å². The predicted molar refractivity (Wildman–Crippen MR) is 80.2 cm³/mol. The van der Waals surface area contributed by atoms with Gasteiger partial charge in [0.25, 0.3) is 5.91 Å². The molecule has 4 nitrogen and oxygen atoms in total. The lowest BCUT2D eigenvalue weighted by molar-refractivity contribution is -0.146. The highest BCUT2D eigenvalue weighted by atomic mass is 32.1. The topological polar surface area (TPSA) is 46.6 Å². The van der Waals surface area contributed by atoms with Crippen LogP contribution in [0.3, 0.4) is 0 Å². The highest BCUT2D eigenvalue weighted by Gasteiger charge is 2.37. The second kappa shape index (κ2) is 5.88. The molecule has 1 atom stereocenters. The number of carbonyl (C=O) groups is 2. The number of carbonyl (C=O) groups excluding carboxylic acids is 2. The van der Waals surface area contributed by atoms with E-state index in [-0.39, 0.29) is 11.5 Å². The Morgan fingerprint density at radius 1 is 1.36 bits per heavy atom. The fourth-order valence-corrected chi connectivity index (χ4v) is 3.59. The molecule has 0 spiro atoms. The van der Waals surface area contributed by atoms with Crippen LogP contribution in [0.15, 0.2) is 35.7 Å². The van der Waals surface area contributed by atoms with Crippen LogP contribution in [0, 0.1) is 5.82 Å². The van der Waals surface area contributed by atoms with Crippen LogP contribution in [0.5, 0.6) is 0 Å². The first-order valence-electron chi connectivity index (χ1n) is 6.82. The van der Waals surface area contributed by atoms with E-state index in [1.54, 1.807) is 17.4 Å². The van der Waals surface area contributed by atoms with Crippen molar-refractivity contribution in [2.45, 2.75) is 12.5 Å². The quantitative estimate of drug-likeness (QED) is 0.800. The molecule has 1 aromatic heterocycles. The molecule has 6 heteroatoms. The Labute approximate surface area is 131 Å². The summed E-state index contributed by atoms with van der Waals surface area (Å²) in [6.45, 7) is 0.405. The van der Waals surface area contributed by atoms with E-state index in [1.807, 2.05) is 11.4 Å². The summed E-state index contributed by atoms with van der Waals surface area (Å²) in [7, 11) is 1.30. The fraction of sp³-hybridized carbons (Fsp3) is 0.250. The van der Waals surface area contributed by atoms with Crippen LogP contribution in [0.25, 0.3) is 0 Å². The average Bonchev–Trinajstić information content (AvgIpc) is 3.01. The lowest BCUT2D eigenvalue weighted by Crippen LogP contribution is -2.43. The van der Waals surface area contributed by atoms with Gasteiger partial charge in [-0.15, -0.1) is 11.3 Å². The number of hydrogen-bond donors (Lipinski definition) is 0. The summed E-state index contributed by atoms with van der Waals surface area (Å²) in [5.74, 6) is -1.33. The molecule has 0 radical (unpaired) electrons. The van der Waals surface area contributed by atoms with Gasteiger partial charge in [0.1, 0.15) is 5.82 Å². The zero-order chi connectivity index (χ0) is 15.7. The first-order valence-corrected chi connectivity index (χ1v) is 7.70. The van der Waals surface area contributed by atoms with E-state index in [0.29, 0.717) is 13.0 Å². The molecule has 0 N–H and O–H groups in total. The van der Waals surface area contributed by atoms with Crippen molar-refractivity contribution >= 4 is 23.2 Å². The molecule has 2 aromatic rings. The Balaban J connectivity index is 1.98. The molecule has 0 bridgehead atoms. The van der Waals surface area contributed by atoms with Gasteiger partial charge in [0.05, 0.1) is 7.11 Å². The van der Waals surface area contributed by atoms with Gasteiger partial charge >= 0.3 is 5.97 Å². The Kier molecular flexibility index (Phi) is 3.94. The van der Waals surface area contributed by atoms with Gasteiger partial charge < -0.3 is 9.64 Å². The van der Waals surface area contributed by atoms with Crippen LogP contribution < -0.4 is 0 Å². The molecule has 0 saturated heterocycles. The number of thiophene rings is 1. The predicted octanol–water partition coefficient (Wildman–Crippen LogP) is 2.80. The third-order valence-electron chi connectivity index (χ3n) is 3.72. The highest BCUT2D eigenvalue weighted by Crippen LogP contribution is 2.34. The Bertz CT molecular complexity index is 728. The SMILES string of the molecule is COC(=O)C1c2ccsc2CCN1C(=O)c1cccc(F)c1. The van der Waals surface area contributed by atoms with E-state index < -0.39 is 17.8 Å². The summed E-state index contributed by atoms with van der Waals surface area (Å²) < 4.78 is 18.2. The average molecular weight is 319 g/mol. The number of amides is 1. The largest absolute Gasteiger partial charge is 0.467 e. The van der Waals surface area contributed by atoms with Crippen molar-refractivity contribution in [2.75, 3.05) is 13.7 Å². The van der Waals surface area contributed by atoms with Gasteiger partial charge in [0.2, 0.25) is 0 Å². The molecule has 0 fully saturated rings. The standard InChI is InChI=1S/C16H14FNO3S/c1-21-16(20)14-12-6-8-22-13(12)5-7-18(14)15(19)10-3-2-4-11(17)9-10/h2-4,6,8-9,14H,5,7H2,1H3. The lowest BCUT2D eigenvalue weighted by atomic mass is 9.99. The summed E-state index contributed by atoms with van der Waals surface area (Å²) in [6, 6.07) is 6.56. The van der Waals surface area contributed by atoms with Crippen LogP contribution in [0.2, 0.25) is 0 Å². The number of esters is 1. The number of nitrogens with zero attached hydrogens (tertiary/aromatic N) is 1. The van der Waals surface area contributed by atoms with Crippen molar-refractivity contribution in [2.24, 2.45) is 0 Å². The molecule has 1 aliphatic heterocycles. The molecule has 1 unspecified atom stereocenters. The Morgan fingerprint density at radius 2 is 2.18 bits per heavy atom. The summed E-state index contributed by atoms with van der Waals surface area (Å²) in [5.41, 5.74) is 1.03. The minimum Gasteiger partial charge on any atom is -0.467 e. The third kappa shape index (κ3) is 2.50. The van der Waals surface area contributed by atoms with Gasteiger partial charge in [-0.05, 0) is 41.6 Å². The minimum absolute atomic E-state index is 0.229. The summed E-state index contributed by atoms with van der Waals surface area (Å²) in [4.78, 5) is 27.4. The second-order valence-electron chi connectivity index (χ2n) is 4.98. The van der Waals surface area contributed by atoms with Crippen LogP contribution in [0.4, 0.5) is 4.39 Å².